The van der Waals surface area contributed by atoms with E-state index in [0.717, 1.165) is 48.6 Å². The molecular formula is C25H29FN4O2. The number of nitrogens with zero attached hydrogens (tertiary/aromatic N) is 3. The summed E-state index contributed by atoms with van der Waals surface area (Å²) in [6.07, 6.45) is 6.16. The minimum atomic E-state index is -0.668. The zero-order valence-electron chi connectivity index (χ0n) is 18.5. The van der Waals surface area contributed by atoms with Gasteiger partial charge in [-0.25, -0.2) is 4.39 Å². The molecule has 0 saturated heterocycles. The average molecular weight is 437 g/mol. The Hall–Kier alpha value is -2.88. The zero-order valence-corrected chi connectivity index (χ0v) is 18.5. The van der Waals surface area contributed by atoms with E-state index < -0.39 is 5.54 Å². The molecule has 6 nitrogen and oxygen atoms in total. The second-order valence-electron chi connectivity index (χ2n) is 9.75. The van der Waals surface area contributed by atoms with E-state index in [1.54, 1.807) is 12.1 Å². The third-order valence-corrected chi connectivity index (χ3v) is 7.69. The standard InChI is InChI=1S/C25H29FN4O2/c1-29-21-7-6-17(26)13-19(21)20-14-30(11-8-22(20)29)24(32)18-5-3-2-4-16(18)12-23(31)28-25(15-27)9-10-25/h6-7,13,16,18H,2-5,8-12,14H2,1H3,(H,28,31)/t16-,18-/m1/s1. The van der Waals surface area contributed by atoms with Crippen LogP contribution in [0.1, 0.15) is 56.2 Å². The highest BCUT2D eigenvalue weighted by molar-refractivity contribution is 5.87. The van der Waals surface area contributed by atoms with Crippen molar-refractivity contribution in [1.29, 1.82) is 5.26 Å². The number of amides is 2. The molecule has 0 spiro atoms. The van der Waals surface area contributed by atoms with Gasteiger partial charge in [0.2, 0.25) is 11.8 Å². The summed E-state index contributed by atoms with van der Waals surface area (Å²) in [5, 5.41) is 13.0. The number of halogens is 1. The van der Waals surface area contributed by atoms with Crippen LogP contribution in [0.3, 0.4) is 0 Å². The van der Waals surface area contributed by atoms with Gasteiger partial charge in [0.05, 0.1) is 6.07 Å². The minimum Gasteiger partial charge on any atom is -0.347 e. The summed E-state index contributed by atoms with van der Waals surface area (Å²) in [7, 11) is 2.00. The Morgan fingerprint density at radius 2 is 2.06 bits per heavy atom. The second-order valence-corrected chi connectivity index (χ2v) is 9.75. The molecule has 2 heterocycles. The van der Waals surface area contributed by atoms with Crippen LogP contribution < -0.4 is 5.32 Å². The van der Waals surface area contributed by atoms with Gasteiger partial charge in [-0.2, -0.15) is 5.26 Å². The number of hydrogen-bond acceptors (Lipinski definition) is 3. The molecule has 2 fully saturated rings. The molecule has 1 aromatic carbocycles. The largest absolute Gasteiger partial charge is 0.347 e. The lowest BCUT2D eigenvalue weighted by molar-refractivity contribution is -0.140. The van der Waals surface area contributed by atoms with Crippen molar-refractivity contribution >= 4 is 22.7 Å². The molecule has 1 aromatic heterocycles. The van der Waals surface area contributed by atoms with E-state index in [0.29, 0.717) is 32.4 Å². The molecule has 2 aromatic rings. The molecule has 2 amide bonds. The van der Waals surface area contributed by atoms with Gasteiger partial charge >= 0.3 is 0 Å². The SMILES string of the molecule is Cn1c2c(c3cc(F)ccc31)CN(C(=O)[C@@H]1CCCC[C@@H]1CC(=O)NC1(C#N)CC1)CC2. The van der Waals surface area contributed by atoms with Crippen molar-refractivity contribution in [1.82, 2.24) is 14.8 Å². The Labute approximate surface area is 187 Å². The first kappa shape index (κ1) is 21.0. The Balaban J connectivity index is 1.33. The van der Waals surface area contributed by atoms with Gasteiger partial charge in [0.25, 0.3) is 0 Å². The topological polar surface area (TPSA) is 78.1 Å². The lowest BCUT2D eigenvalue weighted by atomic mass is 9.76. The summed E-state index contributed by atoms with van der Waals surface area (Å²) in [6.45, 7) is 1.13. The summed E-state index contributed by atoms with van der Waals surface area (Å²) in [4.78, 5) is 28.1. The number of benzene rings is 1. The van der Waals surface area contributed by atoms with Crippen LogP contribution in [0.15, 0.2) is 18.2 Å². The fourth-order valence-corrected chi connectivity index (χ4v) is 5.70. The van der Waals surface area contributed by atoms with Gasteiger partial charge < -0.3 is 14.8 Å². The van der Waals surface area contributed by atoms with Gasteiger partial charge in [-0.1, -0.05) is 12.8 Å². The molecule has 2 atom stereocenters. The summed E-state index contributed by atoms with van der Waals surface area (Å²) in [5.41, 5.74) is 2.53. The van der Waals surface area contributed by atoms with Crippen LogP contribution in [0.4, 0.5) is 4.39 Å². The zero-order chi connectivity index (χ0) is 22.5. The third kappa shape index (κ3) is 3.66. The van der Waals surface area contributed by atoms with E-state index in [4.69, 9.17) is 0 Å². The molecule has 0 bridgehead atoms. The smallest absolute Gasteiger partial charge is 0.226 e. The summed E-state index contributed by atoms with van der Waals surface area (Å²) in [5.74, 6) is -0.419. The van der Waals surface area contributed by atoms with E-state index in [1.807, 2.05) is 11.9 Å². The van der Waals surface area contributed by atoms with Crippen molar-refractivity contribution in [3.63, 3.8) is 0 Å². The van der Waals surface area contributed by atoms with Gasteiger partial charge in [0.15, 0.2) is 0 Å². The van der Waals surface area contributed by atoms with Crippen LogP contribution in [0, 0.1) is 29.0 Å². The lowest BCUT2D eigenvalue weighted by Gasteiger charge is -2.36. The van der Waals surface area contributed by atoms with Crippen molar-refractivity contribution in [3.05, 3.63) is 35.3 Å². The highest BCUT2D eigenvalue weighted by Crippen LogP contribution is 2.38. The van der Waals surface area contributed by atoms with Crippen LogP contribution in [-0.4, -0.2) is 33.4 Å². The molecule has 3 aliphatic rings. The summed E-state index contributed by atoms with van der Waals surface area (Å²) < 4.78 is 16.0. The molecule has 1 aliphatic heterocycles. The Morgan fingerprint density at radius 3 is 2.81 bits per heavy atom. The number of aromatic nitrogens is 1. The number of fused-ring (bicyclic) bond motifs is 3. The van der Waals surface area contributed by atoms with Crippen LogP contribution in [0.25, 0.3) is 10.9 Å². The van der Waals surface area contributed by atoms with Crippen molar-refractivity contribution in [2.75, 3.05) is 6.54 Å². The maximum atomic E-state index is 13.9. The summed E-state index contributed by atoms with van der Waals surface area (Å²) in [6, 6.07) is 7.05. The van der Waals surface area contributed by atoms with Crippen molar-refractivity contribution in [2.24, 2.45) is 18.9 Å². The van der Waals surface area contributed by atoms with E-state index in [2.05, 4.69) is 16.0 Å². The second kappa shape index (κ2) is 7.91. The Morgan fingerprint density at radius 1 is 1.28 bits per heavy atom. The molecule has 2 saturated carbocycles. The van der Waals surface area contributed by atoms with Gasteiger partial charge in [-0.05, 0) is 49.8 Å². The van der Waals surface area contributed by atoms with Crippen LogP contribution in [0.2, 0.25) is 0 Å². The molecule has 168 valence electrons. The quantitative estimate of drug-likeness (QED) is 0.796. The number of nitriles is 1. The maximum absolute atomic E-state index is 13.9. The highest BCUT2D eigenvalue weighted by atomic mass is 19.1. The van der Waals surface area contributed by atoms with E-state index in [1.165, 1.54) is 11.8 Å². The molecule has 0 unspecified atom stereocenters. The van der Waals surface area contributed by atoms with Crippen molar-refractivity contribution < 1.29 is 14.0 Å². The van der Waals surface area contributed by atoms with Crippen LogP contribution in [-0.2, 0) is 29.6 Å². The monoisotopic (exact) mass is 436 g/mol. The molecule has 32 heavy (non-hydrogen) atoms. The number of hydrogen-bond donors (Lipinski definition) is 1. The van der Waals surface area contributed by atoms with Gasteiger partial charge in [0, 0.05) is 61.1 Å². The first-order valence-electron chi connectivity index (χ1n) is 11.7. The number of carbonyl (C=O) groups excluding carboxylic acids is 2. The first-order valence-corrected chi connectivity index (χ1v) is 11.7. The Kier molecular flexibility index (Phi) is 5.19. The van der Waals surface area contributed by atoms with Gasteiger partial charge in [-0.3, -0.25) is 9.59 Å². The number of carbonyl (C=O) groups is 2. The predicted octanol–water partition coefficient (Wildman–Crippen LogP) is 3.57. The molecule has 1 N–H and O–H groups in total. The molecule has 2 aliphatic carbocycles. The fourth-order valence-electron chi connectivity index (χ4n) is 5.70. The lowest BCUT2D eigenvalue weighted by Crippen LogP contribution is -2.44. The number of rotatable bonds is 4. The molecule has 5 rings (SSSR count). The average Bonchev–Trinajstić information content (AvgIpc) is 3.52. The van der Waals surface area contributed by atoms with Gasteiger partial charge in [-0.15, -0.1) is 0 Å². The van der Waals surface area contributed by atoms with Crippen molar-refractivity contribution in [3.8, 4) is 6.07 Å². The normalized spacial score (nSPS) is 24.0. The molecule has 0 radical (unpaired) electrons. The van der Waals surface area contributed by atoms with E-state index >= 15 is 0 Å². The fraction of sp³-hybridized carbons (Fsp3) is 0.560. The molecular weight excluding hydrogens is 407 g/mol. The van der Waals surface area contributed by atoms with E-state index in [-0.39, 0.29) is 29.5 Å². The number of aryl methyl sites for hydroxylation is 1. The third-order valence-electron chi connectivity index (χ3n) is 7.69. The highest BCUT2D eigenvalue weighted by Gasteiger charge is 2.45. The van der Waals surface area contributed by atoms with Crippen LogP contribution >= 0.6 is 0 Å². The predicted molar refractivity (Wildman–Crippen MR) is 118 cm³/mol. The maximum Gasteiger partial charge on any atom is 0.226 e. The van der Waals surface area contributed by atoms with E-state index in [9.17, 15) is 19.2 Å². The number of nitrogens with one attached hydrogen (secondary N) is 1. The van der Waals surface area contributed by atoms with Gasteiger partial charge in [0.1, 0.15) is 11.4 Å². The first-order chi connectivity index (χ1) is 15.4. The summed E-state index contributed by atoms with van der Waals surface area (Å²) >= 11 is 0. The Bertz CT molecular complexity index is 1130. The minimum absolute atomic E-state index is 0.0112. The molecule has 7 heteroatoms. The van der Waals surface area contributed by atoms with Crippen LogP contribution in [0.5, 0.6) is 0 Å². The van der Waals surface area contributed by atoms with Crippen molar-refractivity contribution in [2.45, 2.75) is 63.5 Å².